The number of piperidine rings is 1. The molecule has 33 heavy (non-hydrogen) atoms. The first-order valence-electron chi connectivity index (χ1n) is 11.2. The molecule has 4 aromatic rings. The van der Waals surface area contributed by atoms with Crippen molar-refractivity contribution in [3.63, 3.8) is 0 Å². The molecule has 5 rings (SSSR count). The van der Waals surface area contributed by atoms with E-state index in [1.165, 1.54) is 6.42 Å². The normalized spacial score (nSPS) is 15.5. The van der Waals surface area contributed by atoms with Crippen molar-refractivity contribution in [2.45, 2.75) is 19.8 Å². The maximum Gasteiger partial charge on any atom is 0.148 e. The van der Waals surface area contributed by atoms with Crippen LogP contribution in [0.25, 0.3) is 10.9 Å². The van der Waals surface area contributed by atoms with Gasteiger partial charge in [-0.25, -0.2) is 9.97 Å². The predicted molar refractivity (Wildman–Crippen MR) is 131 cm³/mol. The highest BCUT2D eigenvalue weighted by Crippen LogP contribution is 2.27. The van der Waals surface area contributed by atoms with Crippen molar-refractivity contribution >= 4 is 22.4 Å². The highest BCUT2D eigenvalue weighted by Gasteiger charge is 2.10. The van der Waals surface area contributed by atoms with Gasteiger partial charge in [-0.2, -0.15) is 0 Å². The Morgan fingerprint density at radius 1 is 1.06 bits per heavy atom. The van der Waals surface area contributed by atoms with E-state index < -0.39 is 0 Å². The Morgan fingerprint density at radius 2 is 1.97 bits per heavy atom. The number of hydrogen-bond donors (Lipinski definition) is 2. The van der Waals surface area contributed by atoms with Gasteiger partial charge in [-0.1, -0.05) is 11.8 Å². The fourth-order valence-electron chi connectivity index (χ4n) is 3.84. The number of hydrogen-bond acceptors (Lipinski definition) is 6. The van der Waals surface area contributed by atoms with Crippen LogP contribution < -0.4 is 15.4 Å². The Bertz CT molecular complexity index is 1320. The number of aryl methyl sites for hydroxylation is 1. The van der Waals surface area contributed by atoms with Crippen LogP contribution in [0.3, 0.4) is 0 Å². The van der Waals surface area contributed by atoms with Gasteiger partial charge in [0.25, 0.3) is 0 Å². The van der Waals surface area contributed by atoms with Crippen LogP contribution in [0.2, 0.25) is 0 Å². The van der Waals surface area contributed by atoms with Gasteiger partial charge >= 0.3 is 0 Å². The fourth-order valence-corrected chi connectivity index (χ4v) is 3.84. The van der Waals surface area contributed by atoms with Crippen molar-refractivity contribution in [2.75, 3.05) is 18.4 Å². The average molecular weight is 436 g/mol. The molecular formula is C27H25N5O. The Labute approximate surface area is 193 Å². The third kappa shape index (κ3) is 5.11. The number of anilines is 2. The first kappa shape index (κ1) is 20.9. The summed E-state index contributed by atoms with van der Waals surface area (Å²) in [5, 5.41) is 7.76. The Hall–Kier alpha value is -3.95. The van der Waals surface area contributed by atoms with E-state index in [9.17, 15) is 0 Å². The molecule has 2 N–H and O–H groups in total. The SMILES string of the molecule is Cc1ncccc1Oc1ccc(Nc2ncnc3ccc(C#CC4CCCNC4)cc23)cc1. The van der Waals surface area contributed by atoms with Crippen LogP contribution in [0.4, 0.5) is 11.5 Å². The number of nitrogens with one attached hydrogen (secondary N) is 2. The molecule has 1 fully saturated rings. The molecule has 1 unspecified atom stereocenters. The smallest absolute Gasteiger partial charge is 0.148 e. The summed E-state index contributed by atoms with van der Waals surface area (Å²) in [6.45, 7) is 3.99. The molecule has 1 aliphatic heterocycles. The van der Waals surface area contributed by atoms with E-state index in [1.807, 2.05) is 55.5 Å². The topological polar surface area (TPSA) is 72.0 Å². The number of fused-ring (bicyclic) bond motifs is 1. The maximum atomic E-state index is 5.94. The van der Waals surface area contributed by atoms with Gasteiger partial charge in [-0.05, 0) is 80.9 Å². The summed E-state index contributed by atoms with van der Waals surface area (Å²) >= 11 is 0. The van der Waals surface area contributed by atoms with E-state index in [1.54, 1.807) is 12.5 Å². The van der Waals surface area contributed by atoms with Gasteiger partial charge in [-0.15, -0.1) is 0 Å². The lowest BCUT2D eigenvalue weighted by Gasteiger charge is -2.17. The highest BCUT2D eigenvalue weighted by molar-refractivity contribution is 5.91. The summed E-state index contributed by atoms with van der Waals surface area (Å²) < 4.78 is 5.94. The summed E-state index contributed by atoms with van der Waals surface area (Å²) in [6, 6.07) is 17.6. The molecule has 6 heteroatoms. The number of pyridine rings is 1. The minimum Gasteiger partial charge on any atom is -0.455 e. The molecule has 0 aliphatic carbocycles. The Kier molecular flexibility index (Phi) is 6.14. The second kappa shape index (κ2) is 9.68. The summed E-state index contributed by atoms with van der Waals surface area (Å²) in [7, 11) is 0. The van der Waals surface area contributed by atoms with E-state index in [4.69, 9.17) is 4.74 Å². The first-order valence-corrected chi connectivity index (χ1v) is 11.2. The third-order valence-electron chi connectivity index (χ3n) is 5.66. The van der Waals surface area contributed by atoms with Crippen LogP contribution in [-0.2, 0) is 0 Å². The summed E-state index contributed by atoms with van der Waals surface area (Å²) in [5.41, 5.74) is 3.62. The van der Waals surface area contributed by atoms with E-state index >= 15 is 0 Å². The van der Waals surface area contributed by atoms with Crippen molar-refractivity contribution < 1.29 is 4.74 Å². The number of ether oxygens (including phenoxy) is 1. The Balaban J connectivity index is 1.35. The second-order valence-corrected chi connectivity index (χ2v) is 8.11. The van der Waals surface area contributed by atoms with Gasteiger partial charge in [0, 0.05) is 35.3 Å². The van der Waals surface area contributed by atoms with Crippen molar-refractivity contribution in [1.29, 1.82) is 0 Å². The van der Waals surface area contributed by atoms with Crippen LogP contribution >= 0.6 is 0 Å². The van der Waals surface area contributed by atoms with Crippen molar-refractivity contribution in [1.82, 2.24) is 20.3 Å². The van der Waals surface area contributed by atoms with Crippen LogP contribution in [0.15, 0.2) is 67.1 Å². The van der Waals surface area contributed by atoms with Gasteiger partial charge in [-0.3, -0.25) is 4.98 Å². The lowest BCUT2D eigenvalue weighted by molar-refractivity contribution is 0.449. The molecule has 2 aromatic heterocycles. The van der Waals surface area contributed by atoms with Crippen LogP contribution in [-0.4, -0.2) is 28.0 Å². The zero-order valence-electron chi connectivity index (χ0n) is 18.5. The largest absolute Gasteiger partial charge is 0.455 e. The minimum atomic E-state index is 0.412. The van der Waals surface area contributed by atoms with Gasteiger partial charge < -0.3 is 15.4 Å². The average Bonchev–Trinajstić information content (AvgIpc) is 2.86. The molecule has 6 nitrogen and oxygen atoms in total. The third-order valence-corrected chi connectivity index (χ3v) is 5.66. The molecule has 0 amide bonds. The summed E-state index contributed by atoms with van der Waals surface area (Å²) in [5.74, 6) is 9.41. The van der Waals surface area contributed by atoms with Gasteiger partial charge in [0.05, 0.1) is 11.2 Å². The van der Waals surface area contributed by atoms with E-state index in [2.05, 4.69) is 43.5 Å². The molecule has 0 spiro atoms. The molecule has 1 atom stereocenters. The predicted octanol–water partition coefficient (Wildman–Crippen LogP) is 5.22. The minimum absolute atomic E-state index is 0.412. The van der Waals surface area contributed by atoms with Crippen LogP contribution in [0, 0.1) is 24.7 Å². The molecular weight excluding hydrogens is 410 g/mol. The lowest BCUT2D eigenvalue weighted by atomic mass is 10.00. The van der Waals surface area contributed by atoms with Crippen molar-refractivity contribution in [2.24, 2.45) is 5.92 Å². The number of benzene rings is 2. The number of nitrogens with zero attached hydrogens (tertiary/aromatic N) is 3. The van der Waals surface area contributed by atoms with Gasteiger partial charge in [0.15, 0.2) is 0 Å². The van der Waals surface area contributed by atoms with E-state index in [0.717, 1.165) is 64.7 Å². The zero-order valence-corrected chi connectivity index (χ0v) is 18.5. The molecule has 0 bridgehead atoms. The summed E-state index contributed by atoms with van der Waals surface area (Å²) in [6.07, 6.45) is 5.67. The molecule has 1 aliphatic rings. The Morgan fingerprint density at radius 3 is 2.79 bits per heavy atom. The monoisotopic (exact) mass is 435 g/mol. The standard InChI is InChI=1S/C27H25N5O/c1-19-26(5-3-15-29-19)33-23-11-9-22(10-12-23)32-27-24-16-20(8-13-25(24)30-18-31-27)6-7-21-4-2-14-28-17-21/h3,5,8-13,15-16,18,21,28H,2,4,14,17H2,1H3,(H,30,31,32). The summed E-state index contributed by atoms with van der Waals surface area (Å²) in [4.78, 5) is 13.1. The molecule has 0 saturated carbocycles. The van der Waals surface area contributed by atoms with E-state index in [-0.39, 0.29) is 0 Å². The van der Waals surface area contributed by atoms with E-state index in [0.29, 0.717) is 5.92 Å². The first-order chi connectivity index (χ1) is 16.2. The van der Waals surface area contributed by atoms with Crippen molar-refractivity contribution in [3.05, 3.63) is 78.4 Å². The second-order valence-electron chi connectivity index (χ2n) is 8.11. The van der Waals surface area contributed by atoms with Crippen LogP contribution in [0.1, 0.15) is 24.1 Å². The molecule has 2 aromatic carbocycles. The van der Waals surface area contributed by atoms with Crippen LogP contribution in [0.5, 0.6) is 11.5 Å². The fraction of sp³-hybridized carbons (Fsp3) is 0.222. The molecule has 164 valence electrons. The molecule has 3 heterocycles. The quantitative estimate of drug-likeness (QED) is 0.428. The highest BCUT2D eigenvalue weighted by atomic mass is 16.5. The van der Waals surface area contributed by atoms with Crippen molar-refractivity contribution in [3.8, 4) is 23.3 Å². The van der Waals surface area contributed by atoms with Gasteiger partial charge in [0.2, 0.25) is 0 Å². The lowest BCUT2D eigenvalue weighted by Crippen LogP contribution is -2.28. The zero-order chi connectivity index (χ0) is 22.5. The molecule has 1 saturated heterocycles. The number of rotatable bonds is 4. The molecule has 0 radical (unpaired) electrons. The number of aromatic nitrogens is 3. The van der Waals surface area contributed by atoms with Gasteiger partial charge in [0.1, 0.15) is 23.6 Å². The maximum absolute atomic E-state index is 5.94.